The summed E-state index contributed by atoms with van der Waals surface area (Å²) in [5.74, 6) is -0.120. The van der Waals surface area contributed by atoms with Gasteiger partial charge in [-0.2, -0.15) is 0 Å². The quantitative estimate of drug-likeness (QED) is 0.579. The van der Waals surface area contributed by atoms with Crippen LogP contribution >= 0.6 is 23.7 Å². The number of carbonyl (C=O) groups excluding carboxylic acids is 1. The van der Waals surface area contributed by atoms with Gasteiger partial charge in [0.25, 0.3) is 5.91 Å². The van der Waals surface area contributed by atoms with Gasteiger partial charge in [-0.25, -0.2) is 4.98 Å². The highest BCUT2D eigenvalue weighted by molar-refractivity contribution is 7.16. The Morgan fingerprint density at radius 2 is 1.85 bits per heavy atom. The van der Waals surface area contributed by atoms with Crippen LogP contribution in [0.5, 0.6) is 0 Å². The van der Waals surface area contributed by atoms with E-state index in [1.54, 1.807) is 11.3 Å². The zero-order valence-corrected chi connectivity index (χ0v) is 16.8. The van der Waals surface area contributed by atoms with E-state index in [0.717, 1.165) is 24.1 Å². The molecule has 0 saturated heterocycles. The molecule has 0 fully saturated rings. The van der Waals surface area contributed by atoms with E-state index in [0.29, 0.717) is 10.7 Å². The van der Waals surface area contributed by atoms with Gasteiger partial charge in [-0.3, -0.25) is 10.1 Å². The van der Waals surface area contributed by atoms with Gasteiger partial charge in [0, 0.05) is 16.0 Å². The molecule has 1 N–H and O–H groups in total. The van der Waals surface area contributed by atoms with E-state index in [2.05, 4.69) is 44.3 Å². The normalized spacial score (nSPS) is 10.3. The number of aromatic nitrogens is 1. The van der Waals surface area contributed by atoms with Crippen LogP contribution in [-0.2, 0) is 6.42 Å². The summed E-state index contributed by atoms with van der Waals surface area (Å²) in [7, 11) is 0. The summed E-state index contributed by atoms with van der Waals surface area (Å²) >= 11 is 1.57. The molecule has 0 aliphatic heterocycles. The molecule has 0 unspecified atom stereocenters. The number of hydrogen-bond donors (Lipinski definition) is 1. The first-order valence-electron chi connectivity index (χ1n) is 8.52. The van der Waals surface area contributed by atoms with Crippen LogP contribution in [0.3, 0.4) is 0 Å². The molecule has 1 amide bonds. The average Bonchev–Trinajstić information content (AvgIpc) is 3.00. The molecule has 1 heterocycles. The Hall–Kier alpha value is -2.17. The molecule has 3 nitrogen and oxygen atoms in total. The summed E-state index contributed by atoms with van der Waals surface area (Å²) in [6.07, 6.45) is 2.01. The van der Waals surface area contributed by atoms with Gasteiger partial charge in [-0.15, -0.1) is 23.7 Å². The Morgan fingerprint density at radius 3 is 2.54 bits per heavy atom. The van der Waals surface area contributed by atoms with Crippen molar-refractivity contribution >= 4 is 34.8 Å². The number of thiazole rings is 1. The molecule has 1 aromatic heterocycles. The van der Waals surface area contributed by atoms with Crippen molar-refractivity contribution in [3.8, 4) is 11.3 Å². The molecular formula is C21H23ClN2OS. The fraction of sp³-hybridized carbons (Fsp3) is 0.238. The van der Waals surface area contributed by atoms with Gasteiger partial charge < -0.3 is 0 Å². The Balaban J connectivity index is 0.00000243. The van der Waals surface area contributed by atoms with Crippen molar-refractivity contribution in [2.75, 3.05) is 5.32 Å². The van der Waals surface area contributed by atoms with E-state index in [1.807, 2.05) is 30.3 Å². The summed E-state index contributed by atoms with van der Waals surface area (Å²) in [6, 6.07) is 15.7. The standard InChI is InChI=1S/C21H22N2OS.ClH/c1-4-8-18-19(17-13-14(2)11-12-15(17)3)22-21(25-18)23-20(24)16-9-6-5-7-10-16;/h5-7,9-13H,4,8H2,1-3H3,(H,22,23,24);1H. The second kappa shape index (κ2) is 8.97. The van der Waals surface area contributed by atoms with E-state index in [1.165, 1.54) is 16.0 Å². The van der Waals surface area contributed by atoms with Crippen LogP contribution in [0, 0.1) is 13.8 Å². The zero-order valence-electron chi connectivity index (χ0n) is 15.2. The second-order valence-corrected chi connectivity index (χ2v) is 7.26. The Kier molecular flexibility index (Phi) is 6.95. The molecule has 0 aliphatic rings. The second-order valence-electron chi connectivity index (χ2n) is 6.18. The zero-order chi connectivity index (χ0) is 17.8. The Bertz CT molecular complexity index is 890. The van der Waals surface area contributed by atoms with Crippen LogP contribution < -0.4 is 5.32 Å². The molecular weight excluding hydrogens is 364 g/mol. The highest BCUT2D eigenvalue weighted by Gasteiger charge is 2.16. The first-order valence-corrected chi connectivity index (χ1v) is 9.34. The molecule has 5 heteroatoms. The Labute approximate surface area is 164 Å². The number of anilines is 1. The lowest BCUT2D eigenvalue weighted by Crippen LogP contribution is -2.11. The van der Waals surface area contributed by atoms with Crippen molar-refractivity contribution in [3.05, 3.63) is 70.1 Å². The highest BCUT2D eigenvalue weighted by Crippen LogP contribution is 2.34. The smallest absolute Gasteiger partial charge is 0.257 e. The molecule has 2 aromatic carbocycles. The average molecular weight is 387 g/mol. The third-order valence-corrected chi connectivity index (χ3v) is 5.11. The number of hydrogen-bond acceptors (Lipinski definition) is 3. The molecule has 0 bridgehead atoms. The molecule has 0 spiro atoms. The van der Waals surface area contributed by atoms with Crippen molar-refractivity contribution in [2.45, 2.75) is 33.6 Å². The summed E-state index contributed by atoms with van der Waals surface area (Å²) < 4.78 is 0. The van der Waals surface area contributed by atoms with Gasteiger partial charge in [0.15, 0.2) is 5.13 Å². The van der Waals surface area contributed by atoms with Crippen LogP contribution in [0.15, 0.2) is 48.5 Å². The number of halogens is 1. The van der Waals surface area contributed by atoms with Crippen molar-refractivity contribution in [1.82, 2.24) is 4.98 Å². The summed E-state index contributed by atoms with van der Waals surface area (Å²) in [5, 5.41) is 3.61. The summed E-state index contributed by atoms with van der Waals surface area (Å²) in [5.41, 5.74) is 5.21. The van der Waals surface area contributed by atoms with Crippen LogP contribution in [0.2, 0.25) is 0 Å². The molecule has 0 saturated carbocycles. The van der Waals surface area contributed by atoms with E-state index in [-0.39, 0.29) is 18.3 Å². The topological polar surface area (TPSA) is 42.0 Å². The van der Waals surface area contributed by atoms with Gasteiger partial charge >= 0.3 is 0 Å². The van der Waals surface area contributed by atoms with Crippen molar-refractivity contribution < 1.29 is 4.79 Å². The lowest BCUT2D eigenvalue weighted by molar-refractivity contribution is 0.102. The van der Waals surface area contributed by atoms with Gasteiger partial charge in [0.1, 0.15) is 0 Å². The Morgan fingerprint density at radius 1 is 1.12 bits per heavy atom. The highest BCUT2D eigenvalue weighted by atomic mass is 35.5. The van der Waals surface area contributed by atoms with Gasteiger partial charge in [-0.1, -0.05) is 49.2 Å². The predicted octanol–water partition coefficient (Wildman–Crippen LogP) is 6.05. The molecule has 0 atom stereocenters. The number of rotatable bonds is 5. The van der Waals surface area contributed by atoms with E-state index < -0.39 is 0 Å². The monoisotopic (exact) mass is 386 g/mol. The van der Waals surface area contributed by atoms with Crippen LogP contribution in [0.1, 0.15) is 39.7 Å². The van der Waals surface area contributed by atoms with Crippen LogP contribution in [-0.4, -0.2) is 10.9 Å². The van der Waals surface area contributed by atoms with Crippen LogP contribution in [0.25, 0.3) is 11.3 Å². The lowest BCUT2D eigenvalue weighted by atomic mass is 10.0. The molecule has 136 valence electrons. The summed E-state index contributed by atoms with van der Waals surface area (Å²) in [4.78, 5) is 18.4. The maximum atomic E-state index is 12.4. The number of amides is 1. The first kappa shape index (κ1) is 20.1. The molecule has 26 heavy (non-hydrogen) atoms. The molecule has 3 rings (SSSR count). The summed E-state index contributed by atoms with van der Waals surface area (Å²) in [6.45, 7) is 6.35. The fourth-order valence-corrected chi connectivity index (χ4v) is 3.83. The van der Waals surface area contributed by atoms with Gasteiger partial charge in [0.2, 0.25) is 0 Å². The number of aryl methyl sites for hydroxylation is 3. The molecule has 3 aromatic rings. The third kappa shape index (κ3) is 4.51. The minimum absolute atomic E-state index is 0. The first-order chi connectivity index (χ1) is 12.1. The van der Waals surface area contributed by atoms with E-state index >= 15 is 0 Å². The van der Waals surface area contributed by atoms with Crippen molar-refractivity contribution in [2.24, 2.45) is 0 Å². The largest absolute Gasteiger partial charge is 0.298 e. The van der Waals surface area contributed by atoms with E-state index in [4.69, 9.17) is 4.98 Å². The van der Waals surface area contributed by atoms with Crippen molar-refractivity contribution in [3.63, 3.8) is 0 Å². The fourth-order valence-electron chi connectivity index (χ4n) is 2.76. The van der Waals surface area contributed by atoms with Crippen LogP contribution in [0.4, 0.5) is 5.13 Å². The van der Waals surface area contributed by atoms with Gasteiger partial charge in [-0.05, 0) is 44.0 Å². The maximum absolute atomic E-state index is 12.4. The molecule has 0 radical (unpaired) electrons. The SMILES string of the molecule is CCCc1sc(NC(=O)c2ccccc2)nc1-c1cc(C)ccc1C.Cl. The number of nitrogens with zero attached hydrogens (tertiary/aromatic N) is 1. The minimum Gasteiger partial charge on any atom is -0.298 e. The number of benzene rings is 2. The lowest BCUT2D eigenvalue weighted by Gasteiger charge is -2.06. The number of nitrogens with one attached hydrogen (secondary N) is 1. The minimum atomic E-state index is -0.120. The van der Waals surface area contributed by atoms with Gasteiger partial charge in [0.05, 0.1) is 5.69 Å². The number of carbonyl (C=O) groups is 1. The van der Waals surface area contributed by atoms with Crippen molar-refractivity contribution in [1.29, 1.82) is 0 Å². The predicted molar refractivity (Wildman–Crippen MR) is 113 cm³/mol. The molecule has 0 aliphatic carbocycles. The third-order valence-electron chi connectivity index (χ3n) is 4.08. The van der Waals surface area contributed by atoms with E-state index in [9.17, 15) is 4.79 Å². The maximum Gasteiger partial charge on any atom is 0.257 e.